The van der Waals surface area contributed by atoms with Crippen molar-refractivity contribution in [2.45, 2.75) is 40.2 Å². The summed E-state index contributed by atoms with van der Waals surface area (Å²) in [6, 6.07) is 11.6. The highest BCUT2D eigenvalue weighted by atomic mass is 16.5. The van der Waals surface area contributed by atoms with Crippen LogP contribution >= 0.6 is 0 Å². The van der Waals surface area contributed by atoms with Gasteiger partial charge < -0.3 is 19.2 Å². The molecule has 0 fully saturated rings. The zero-order valence-corrected chi connectivity index (χ0v) is 21.6. The number of hydrogen-bond donors (Lipinski definition) is 0. The third-order valence-electron chi connectivity index (χ3n) is 6.52. The molecule has 0 saturated carbocycles. The molecule has 2 amide bonds. The van der Waals surface area contributed by atoms with Crippen LogP contribution in [0.4, 0.5) is 5.69 Å². The van der Waals surface area contributed by atoms with E-state index in [0.29, 0.717) is 43.1 Å². The highest BCUT2D eigenvalue weighted by Crippen LogP contribution is 2.29. The molecule has 4 rings (SSSR count). The van der Waals surface area contributed by atoms with Crippen molar-refractivity contribution in [2.75, 3.05) is 38.1 Å². The second-order valence-electron chi connectivity index (χ2n) is 9.85. The number of pyridine rings is 1. The van der Waals surface area contributed by atoms with Crippen molar-refractivity contribution in [3.63, 3.8) is 0 Å². The quantitative estimate of drug-likeness (QED) is 0.540. The van der Waals surface area contributed by atoms with Crippen LogP contribution in [0.2, 0.25) is 0 Å². The number of rotatable bonds is 4. The predicted octanol–water partition coefficient (Wildman–Crippen LogP) is 4.40. The Morgan fingerprint density at radius 3 is 2.53 bits per heavy atom. The Morgan fingerprint density at radius 1 is 1.03 bits per heavy atom. The normalized spacial score (nSPS) is 15.5. The third kappa shape index (κ3) is 5.82. The van der Waals surface area contributed by atoms with Gasteiger partial charge in [-0.3, -0.25) is 14.6 Å². The lowest BCUT2D eigenvalue weighted by atomic mass is 10.0. The number of amides is 2. The van der Waals surface area contributed by atoms with Gasteiger partial charge in [-0.15, -0.1) is 0 Å². The van der Waals surface area contributed by atoms with E-state index in [1.807, 2.05) is 46.2 Å². The second-order valence-corrected chi connectivity index (χ2v) is 9.85. The average Bonchev–Trinajstić information content (AvgIpc) is 3.24. The molecule has 0 aliphatic carbocycles. The lowest BCUT2D eigenvalue weighted by Gasteiger charge is -2.28. The van der Waals surface area contributed by atoms with Gasteiger partial charge >= 0.3 is 0 Å². The molecular weight excluding hydrogens is 454 g/mol. The molecule has 1 aromatic carbocycles. The summed E-state index contributed by atoms with van der Waals surface area (Å²) in [5.74, 6) is 0.735. The highest BCUT2D eigenvalue weighted by Gasteiger charge is 2.28. The molecule has 36 heavy (non-hydrogen) atoms. The van der Waals surface area contributed by atoms with Crippen LogP contribution in [0, 0.1) is 12.8 Å². The Morgan fingerprint density at radius 2 is 1.78 bits per heavy atom. The van der Waals surface area contributed by atoms with Crippen molar-refractivity contribution in [3.8, 4) is 11.3 Å². The minimum Gasteiger partial charge on any atom is -0.360 e. The van der Waals surface area contributed by atoms with Crippen LogP contribution in [0.5, 0.6) is 0 Å². The predicted molar refractivity (Wildman–Crippen MR) is 140 cm³/mol. The lowest BCUT2D eigenvalue weighted by molar-refractivity contribution is -0.119. The number of para-hydroxylation sites is 1. The van der Waals surface area contributed by atoms with Crippen molar-refractivity contribution in [3.05, 3.63) is 65.7 Å². The second kappa shape index (κ2) is 11.5. The number of aromatic nitrogens is 2. The highest BCUT2D eigenvalue weighted by molar-refractivity contribution is 6.01. The Balaban J connectivity index is 1.72. The van der Waals surface area contributed by atoms with E-state index in [4.69, 9.17) is 4.52 Å². The van der Waals surface area contributed by atoms with Gasteiger partial charge in [0.05, 0.1) is 0 Å². The van der Waals surface area contributed by atoms with E-state index < -0.39 is 0 Å². The van der Waals surface area contributed by atoms with E-state index in [2.05, 4.69) is 35.9 Å². The van der Waals surface area contributed by atoms with Crippen LogP contribution in [0.1, 0.15) is 48.4 Å². The summed E-state index contributed by atoms with van der Waals surface area (Å²) < 4.78 is 5.48. The zero-order valence-electron chi connectivity index (χ0n) is 21.6. The molecule has 8 heteroatoms. The Hall–Kier alpha value is -3.52. The first-order valence-corrected chi connectivity index (χ1v) is 12.6. The molecule has 3 aromatic rings. The molecular formula is C28H35N5O3. The van der Waals surface area contributed by atoms with Crippen LogP contribution in [-0.4, -0.2) is 65.0 Å². The fraction of sp³-hybridized carbons (Fsp3) is 0.429. The van der Waals surface area contributed by atoms with Gasteiger partial charge in [0.2, 0.25) is 5.91 Å². The molecule has 0 saturated heterocycles. The Labute approximate surface area is 212 Å². The summed E-state index contributed by atoms with van der Waals surface area (Å²) in [6.07, 6.45) is 4.70. The Kier molecular flexibility index (Phi) is 8.15. The van der Waals surface area contributed by atoms with Crippen molar-refractivity contribution in [1.29, 1.82) is 0 Å². The van der Waals surface area contributed by atoms with Crippen molar-refractivity contribution < 1.29 is 14.1 Å². The van der Waals surface area contributed by atoms with Gasteiger partial charge in [0.15, 0.2) is 0 Å². The molecule has 3 heterocycles. The van der Waals surface area contributed by atoms with Crippen LogP contribution in [0.15, 0.2) is 53.3 Å². The summed E-state index contributed by atoms with van der Waals surface area (Å²) in [5, 5.41) is 4.20. The molecule has 190 valence electrons. The molecule has 0 N–H and O–H groups in total. The average molecular weight is 490 g/mol. The smallest absolute Gasteiger partial charge is 0.260 e. The molecule has 0 bridgehead atoms. The molecule has 0 radical (unpaired) electrons. The van der Waals surface area contributed by atoms with Crippen molar-refractivity contribution >= 4 is 17.5 Å². The fourth-order valence-electron chi connectivity index (χ4n) is 4.60. The number of likely N-dealkylation sites (N-methyl/N-ethyl adjacent to an activating group) is 1. The lowest BCUT2D eigenvalue weighted by Crippen LogP contribution is -2.37. The first kappa shape index (κ1) is 25.6. The molecule has 0 spiro atoms. The molecule has 2 aromatic heterocycles. The van der Waals surface area contributed by atoms with Gasteiger partial charge in [-0.2, -0.15) is 0 Å². The van der Waals surface area contributed by atoms with E-state index in [0.717, 1.165) is 36.3 Å². The zero-order chi connectivity index (χ0) is 25.7. The SMILES string of the molecule is Cc1onc(-c2ccncc2)c1C(=O)N1CCN(C)CCCN(C(=O)CC(C)C)c2ccccc2C1. The minimum absolute atomic E-state index is 0.118. The van der Waals surface area contributed by atoms with E-state index in [-0.39, 0.29) is 17.7 Å². The van der Waals surface area contributed by atoms with Crippen LogP contribution < -0.4 is 4.90 Å². The summed E-state index contributed by atoms with van der Waals surface area (Å²) in [5.41, 5.74) is 3.59. The van der Waals surface area contributed by atoms with Gasteiger partial charge in [-0.05, 0) is 56.6 Å². The third-order valence-corrected chi connectivity index (χ3v) is 6.52. The maximum absolute atomic E-state index is 14.0. The first-order valence-electron chi connectivity index (χ1n) is 12.6. The maximum atomic E-state index is 14.0. The van der Waals surface area contributed by atoms with E-state index >= 15 is 0 Å². The summed E-state index contributed by atoms with van der Waals surface area (Å²) in [7, 11) is 2.06. The number of carbonyl (C=O) groups is 2. The standard InChI is InChI=1S/C28H35N5O3/c1-20(2)18-25(34)33-15-7-14-31(4)16-17-32(19-23-8-5-6-9-24(23)33)28(35)26-21(3)36-30-27(26)22-10-12-29-13-11-22/h5-6,8-13,20H,7,14-19H2,1-4H3. The van der Waals surface area contributed by atoms with Gasteiger partial charge in [-0.25, -0.2) is 0 Å². The summed E-state index contributed by atoms with van der Waals surface area (Å²) >= 11 is 0. The minimum atomic E-state index is -0.136. The van der Waals surface area contributed by atoms with Gasteiger partial charge in [-0.1, -0.05) is 37.2 Å². The number of hydrogen-bond acceptors (Lipinski definition) is 6. The van der Waals surface area contributed by atoms with E-state index in [9.17, 15) is 9.59 Å². The number of aryl methyl sites for hydroxylation is 1. The molecule has 1 aliphatic heterocycles. The number of nitrogens with zero attached hydrogens (tertiary/aromatic N) is 5. The first-order chi connectivity index (χ1) is 17.3. The number of benzene rings is 1. The number of fused-ring (bicyclic) bond motifs is 1. The summed E-state index contributed by atoms with van der Waals surface area (Å²) in [4.78, 5) is 37.3. The summed E-state index contributed by atoms with van der Waals surface area (Å²) in [6.45, 7) is 9.03. The molecule has 0 atom stereocenters. The number of carbonyl (C=O) groups excluding carboxylic acids is 2. The van der Waals surface area contributed by atoms with Gasteiger partial charge in [0.1, 0.15) is 17.0 Å². The molecule has 8 nitrogen and oxygen atoms in total. The van der Waals surface area contributed by atoms with Crippen LogP contribution in [0.3, 0.4) is 0 Å². The Bertz CT molecular complexity index is 1190. The van der Waals surface area contributed by atoms with Gasteiger partial charge in [0.25, 0.3) is 5.91 Å². The number of anilines is 1. The maximum Gasteiger partial charge on any atom is 0.260 e. The monoisotopic (exact) mass is 489 g/mol. The van der Waals surface area contributed by atoms with Crippen LogP contribution in [0.25, 0.3) is 11.3 Å². The van der Waals surface area contributed by atoms with Crippen LogP contribution in [-0.2, 0) is 11.3 Å². The molecule has 1 aliphatic rings. The topological polar surface area (TPSA) is 82.8 Å². The fourth-order valence-corrected chi connectivity index (χ4v) is 4.60. The molecule has 0 unspecified atom stereocenters. The van der Waals surface area contributed by atoms with Crippen molar-refractivity contribution in [1.82, 2.24) is 19.9 Å². The largest absolute Gasteiger partial charge is 0.360 e. The van der Waals surface area contributed by atoms with E-state index in [1.54, 1.807) is 19.3 Å². The van der Waals surface area contributed by atoms with E-state index in [1.165, 1.54) is 0 Å². The van der Waals surface area contributed by atoms with Crippen molar-refractivity contribution in [2.24, 2.45) is 5.92 Å². The van der Waals surface area contributed by atoms with Gasteiger partial charge in [0, 0.05) is 56.2 Å².